The van der Waals surface area contributed by atoms with Gasteiger partial charge >= 0.3 is 6.18 Å². The molecule has 2 aromatic rings. The summed E-state index contributed by atoms with van der Waals surface area (Å²) in [6.45, 7) is 0. The molecule has 0 bridgehead atoms. The summed E-state index contributed by atoms with van der Waals surface area (Å²) in [6.07, 6.45) is -5.82. The van der Waals surface area contributed by atoms with Crippen LogP contribution in [0.3, 0.4) is 0 Å². The van der Waals surface area contributed by atoms with Gasteiger partial charge in [0, 0.05) is 25.7 Å². The monoisotopic (exact) mass is 392 g/mol. The minimum atomic E-state index is -4.61. The number of rotatable bonds is 7. The molecule has 0 saturated heterocycles. The number of nitro benzene ring substituents is 1. The summed E-state index contributed by atoms with van der Waals surface area (Å²) < 4.78 is 43.8. The van der Waals surface area contributed by atoms with Crippen LogP contribution in [-0.4, -0.2) is 23.9 Å². The van der Waals surface area contributed by atoms with Gasteiger partial charge in [-0.3, -0.25) is 14.9 Å². The Morgan fingerprint density at radius 3 is 2.50 bits per heavy atom. The van der Waals surface area contributed by atoms with Crippen LogP contribution in [0.25, 0.3) is 0 Å². The van der Waals surface area contributed by atoms with Crippen molar-refractivity contribution in [2.45, 2.75) is 24.6 Å². The van der Waals surface area contributed by atoms with Crippen LogP contribution in [-0.2, 0) is 22.1 Å². The van der Waals surface area contributed by atoms with E-state index in [0.29, 0.717) is 5.56 Å². The molecule has 0 aliphatic rings. The summed E-state index contributed by atoms with van der Waals surface area (Å²) >= 11 is 0. The predicted molar refractivity (Wildman–Crippen MR) is 92.4 cm³/mol. The minimum Gasteiger partial charge on any atom is -0.373 e. The van der Waals surface area contributed by atoms with Gasteiger partial charge in [0.15, 0.2) is 5.78 Å². The van der Waals surface area contributed by atoms with Gasteiger partial charge in [0.2, 0.25) is 0 Å². The van der Waals surface area contributed by atoms with E-state index in [9.17, 15) is 33.3 Å². The molecular formula is C19H15F3N2O4. The van der Waals surface area contributed by atoms with Crippen molar-refractivity contribution in [1.29, 1.82) is 5.26 Å². The van der Waals surface area contributed by atoms with Gasteiger partial charge in [-0.25, -0.2) is 0 Å². The van der Waals surface area contributed by atoms with Crippen LogP contribution in [0.2, 0.25) is 0 Å². The first-order valence-corrected chi connectivity index (χ1v) is 8.04. The molecule has 2 aromatic carbocycles. The summed E-state index contributed by atoms with van der Waals surface area (Å²) in [4.78, 5) is 23.0. The number of carbonyl (C=O) groups is 1. The first kappa shape index (κ1) is 21.1. The second-order valence-electron chi connectivity index (χ2n) is 5.94. The number of hydrogen-bond acceptors (Lipinski definition) is 5. The quantitative estimate of drug-likeness (QED) is 0.524. The van der Waals surface area contributed by atoms with Crippen LogP contribution >= 0.6 is 0 Å². The van der Waals surface area contributed by atoms with E-state index in [1.165, 1.54) is 31.4 Å². The zero-order valence-electron chi connectivity index (χ0n) is 14.6. The average molecular weight is 392 g/mol. The molecule has 0 N–H and O–H groups in total. The molecule has 0 aliphatic carbocycles. The number of nitrogens with zero attached hydrogens (tertiary/aromatic N) is 2. The van der Waals surface area contributed by atoms with Gasteiger partial charge in [-0.2, -0.15) is 18.4 Å². The average Bonchev–Trinajstić information content (AvgIpc) is 2.66. The molecule has 0 saturated carbocycles. The van der Waals surface area contributed by atoms with E-state index in [2.05, 4.69) is 0 Å². The zero-order chi connectivity index (χ0) is 20.9. The topological polar surface area (TPSA) is 93.2 Å². The maximum Gasteiger partial charge on any atom is 0.416 e. The Hall–Kier alpha value is -3.25. The Bertz CT molecular complexity index is 922. The van der Waals surface area contributed by atoms with Crippen molar-refractivity contribution in [3.8, 4) is 6.07 Å². The maximum absolute atomic E-state index is 12.9. The van der Waals surface area contributed by atoms with E-state index in [1.54, 1.807) is 12.1 Å². The van der Waals surface area contributed by atoms with Crippen molar-refractivity contribution < 1.29 is 27.6 Å². The number of benzene rings is 2. The van der Waals surface area contributed by atoms with Crippen molar-refractivity contribution in [1.82, 2.24) is 0 Å². The maximum atomic E-state index is 12.9. The van der Waals surface area contributed by atoms with Gasteiger partial charge in [0.1, 0.15) is 12.0 Å². The summed E-state index contributed by atoms with van der Waals surface area (Å²) in [6, 6.07) is 11.3. The lowest BCUT2D eigenvalue weighted by Gasteiger charge is -2.18. The molecule has 0 spiro atoms. The van der Waals surface area contributed by atoms with Gasteiger partial charge in [0.05, 0.1) is 16.6 Å². The molecule has 28 heavy (non-hydrogen) atoms. The third-order valence-electron chi connectivity index (χ3n) is 4.11. The third kappa shape index (κ3) is 4.92. The lowest BCUT2D eigenvalue weighted by molar-refractivity contribution is -0.384. The molecule has 0 radical (unpaired) electrons. The first-order valence-electron chi connectivity index (χ1n) is 8.04. The number of alkyl halides is 3. The van der Waals surface area contributed by atoms with Crippen molar-refractivity contribution >= 4 is 11.5 Å². The smallest absolute Gasteiger partial charge is 0.373 e. The van der Waals surface area contributed by atoms with Gasteiger partial charge in [-0.1, -0.05) is 30.3 Å². The number of methoxy groups -OCH3 is 1. The number of ketones is 1. The van der Waals surface area contributed by atoms with Crippen molar-refractivity contribution in [2.24, 2.45) is 0 Å². The molecule has 0 amide bonds. The van der Waals surface area contributed by atoms with Gasteiger partial charge in [0.25, 0.3) is 5.69 Å². The van der Waals surface area contributed by atoms with E-state index in [1.807, 2.05) is 0 Å². The van der Waals surface area contributed by atoms with E-state index in [0.717, 1.165) is 18.2 Å². The van der Waals surface area contributed by atoms with Gasteiger partial charge in [-0.05, 0) is 17.2 Å². The Labute approximate surface area is 158 Å². The SMILES string of the molecule is COC(Cc1cccc([N+](=O)[O-])c1)C(=O)C(C#N)c1cccc(C(F)(F)F)c1. The van der Waals surface area contributed by atoms with Crippen LogP contribution in [0, 0.1) is 21.4 Å². The van der Waals surface area contributed by atoms with Crippen molar-refractivity contribution in [3.05, 3.63) is 75.3 Å². The number of hydrogen-bond donors (Lipinski definition) is 0. The second kappa shape index (κ2) is 8.63. The number of non-ortho nitro benzene ring substituents is 1. The first-order chi connectivity index (χ1) is 13.2. The molecule has 0 heterocycles. The highest BCUT2D eigenvalue weighted by atomic mass is 19.4. The Kier molecular flexibility index (Phi) is 6.49. The largest absolute Gasteiger partial charge is 0.416 e. The number of nitro groups is 1. The number of nitriles is 1. The van der Waals surface area contributed by atoms with E-state index in [4.69, 9.17) is 4.74 Å². The standard InChI is InChI=1S/C19H15F3N2O4/c1-28-17(9-12-4-2-7-15(8-12)24(26)27)18(25)16(11-23)13-5-3-6-14(10-13)19(20,21)22/h2-8,10,16-17H,9H2,1H3. The molecule has 9 heteroatoms. The van der Waals surface area contributed by atoms with Crippen LogP contribution < -0.4 is 0 Å². The highest BCUT2D eigenvalue weighted by Gasteiger charge is 2.33. The number of halogens is 3. The number of ether oxygens (including phenoxy) is 1. The summed E-state index contributed by atoms with van der Waals surface area (Å²) in [5, 5.41) is 20.2. The molecule has 2 rings (SSSR count). The highest BCUT2D eigenvalue weighted by molar-refractivity contribution is 5.92. The van der Waals surface area contributed by atoms with Crippen LogP contribution in [0.5, 0.6) is 0 Å². The van der Waals surface area contributed by atoms with Crippen molar-refractivity contribution in [3.63, 3.8) is 0 Å². The van der Waals surface area contributed by atoms with Crippen LogP contribution in [0.1, 0.15) is 22.6 Å². The molecular weight excluding hydrogens is 377 g/mol. The summed E-state index contributed by atoms with van der Waals surface area (Å²) in [5.41, 5.74) is -0.807. The molecule has 0 aliphatic heterocycles. The van der Waals surface area contributed by atoms with Gasteiger partial charge in [-0.15, -0.1) is 0 Å². The minimum absolute atomic E-state index is 0.0614. The zero-order valence-corrected chi connectivity index (χ0v) is 14.6. The fourth-order valence-corrected chi connectivity index (χ4v) is 2.69. The van der Waals surface area contributed by atoms with Crippen molar-refractivity contribution in [2.75, 3.05) is 7.11 Å². The van der Waals surface area contributed by atoms with E-state index < -0.39 is 34.5 Å². The second-order valence-corrected chi connectivity index (χ2v) is 5.94. The molecule has 2 atom stereocenters. The molecule has 2 unspecified atom stereocenters. The fraction of sp³-hybridized carbons (Fsp3) is 0.263. The third-order valence-corrected chi connectivity index (χ3v) is 4.11. The van der Waals surface area contributed by atoms with Crippen LogP contribution in [0.4, 0.5) is 18.9 Å². The van der Waals surface area contributed by atoms with E-state index >= 15 is 0 Å². The lowest BCUT2D eigenvalue weighted by Crippen LogP contribution is -2.30. The van der Waals surface area contributed by atoms with Gasteiger partial charge < -0.3 is 4.74 Å². The van der Waals surface area contributed by atoms with Crippen LogP contribution in [0.15, 0.2) is 48.5 Å². The molecule has 0 aromatic heterocycles. The summed E-state index contributed by atoms with van der Waals surface area (Å²) in [5.74, 6) is -2.19. The van der Waals surface area contributed by atoms with E-state index in [-0.39, 0.29) is 17.7 Å². The lowest BCUT2D eigenvalue weighted by atomic mass is 9.89. The number of Topliss-reactive ketones (excluding diaryl/α,β-unsaturated/α-hetero) is 1. The highest BCUT2D eigenvalue weighted by Crippen LogP contribution is 2.31. The molecule has 146 valence electrons. The Morgan fingerprint density at radius 1 is 1.25 bits per heavy atom. The molecule has 6 nitrogen and oxygen atoms in total. The fourth-order valence-electron chi connectivity index (χ4n) is 2.69. The normalized spacial score (nSPS) is 13.4. The Balaban J connectivity index is 2.29. The Morgan fingerprint density at radius 2 is 1.93 bits per heavy atom. The number of carbonyl (C=O) groups excluding carboxylic acids is 1. The summed E-state index contributed by atoms with van der Waals surface area (Å²) in [7, 11) is 1.22. The predicted octanol–water partition coefficient (Wildman–Crippen LogP) is 4.05. The molecule has 0 fully saturated rings.